The molecule has 0 aromatic heterocycles. The molecule has 108 valence electrons. The molecule has 2 rings (SSSR count). The van der Waals surface area contributed by atoms with Crippen LogP contribution in [0.5, 0.6) is 5.75 Å². The van der Waals surface area contributed by atoms with E-state index in [1.165, 1.54) is 16.7 Å². The molecule has 0 aliphatic carbocycles. The van der Waals surface area contributed by atoms with Crippen LogP contribution in [0.1, 0.15) is 34.6 Å². The van der Waals surface area contributed by atoms with Crippen LogP contribution in [-0.4, -0.2) is 6.61 Å². The standard InChI is InChI=1S/C19H21NO/c1-14-4-6-17(7-5-14)18(13-20)8-9-21-19-11-15(2)10-16(3)12-19/h4-7,10-12,18H,8-9H2,1-3H3. The van der Waals surface area contributed by atoms with Crippen LogP contribution in [0.15, 0.2) is 42.5 Å². The third kappa shape index (κ3) is 4.36. The van der Waals surface area contributed by atoms with Crippen LogP contribution >= 0.6 is 0 Å². The van der Waals surface area contributed by atoms with Gasteiger partial charge in [0, 0.05) is 6.42 Å². The summed E-state index contributed by atoms with van der Waals surface area (Å²) in [6.45, 7) is 6.72. The van der Waals surface area contributed by atoms with Gasteiger partial charge in [-0.05, 0) is 49.6 Å². The van der Waals surface area contributed by atoms with Gasteiger partial charge >= 0.3 is 0 Å². The SMILES string of the molecule is Cc1ccc(C(C#N)CCOc2cc(C)cc(C)c2)cc1. The lowest BCUT2D eigenvalue weighted by Gasteiger charge is -2.12. The summed E-state index contributed by atoms with van der Waals surface area (Å²) in [6.07, 6.45) is 0.701. The third-order valence-corrected chi connectivity index (χ3v) is 3.51. The molecule has 0 spiro atoms. The highest BCUT2D eigenvalue weighted by Gasteiger charge is 2.10. The van der Waals surface area contributed by atoms with Gasteiger partial charge in [0.1, 0.15) is 5.75 Å². The molecule has 2 heteroatoms. The van der Waals surface area contributed by atoms with Gasteiger partial charge in [-0.2, -0.15) is 5.26 Å². The van der Waals surface area contributed by atoms with Crippen LogP contribution < -0.4 is 4.74 Å². The zero-order chi connectivity index (χ0) is 15.2. The first-order valence-corrected chi connectivity index (χ1v) is 7.26. The maximum absolute atomic E-state index is 9.33. The fourth-order valence-corrected chi connectivity index (χ4v) is 2.42. The van der Waals surface area contributed by atoms with Gasteiger partial charge in [0.15, 0.2) is 0 Å². The number of hydrogen-bond donors (Lipinski definition) is 0. The predicted molar refractivity (Wildman–Crippen MR) is 85.6 cm³/mol. The van der Waals surface area contributed by atoms with Crippen molar-refractivity contribution in [3.63, 3.8) is 0 Å². The lowest BCUT2D eigenvalue weighted by atomic mass is 9.97. The number of rotatable bonds is 5. The molecule has 0 saturated heterocycles. The Kier molecular flexibility index (Phi) is 5.00. The molecular formula is C19H21NO. The van der Waals surface area contributed by atoms with Crippen molar-refractivity contribution in [1.82, 2.24) is 0 Å². The summed E-state index contributed by atoms with van der Waals surface area (Å²) in [6, 6.07) is 16.7. The minimum absolute atomic E-state index is 0.114. The van der Waals surface area contributed by atoms with Gasteiger partial charge in [-0.25, -0.2) is 0 Å². The Labute approximate surface area is 127 Å². The molecule has 0 amide bonds. The summed E-state index contributed by atoms with van der Waals surface area (Å²) in [5.41, 5.74) is 4.66. The van der Waals surface area contributed by atoms with Crippen LogP contribution in [-0.2, 0) is 0 Å². The largest absolute Gasteiger partial charge is 0.494 e. The molecule has 21 heavy (non-hydrogen) atoms. The number of benzene rings is 2. The first kappa shape index (κ1) is 15.1. The first-order chi connectivity index (χ1) is 10.1. The van der Waals surface area contributed by atoms with Crippen molar-refractivity contribution >= 4 is 0 Å². The molecule has 0 aliphatic heterocycles. The van der Waals surface area contributed by atoms with Crippen molar-refractivity contribution < 1.29 is 4.74 Å². The van der Waals surface area contributed by atoms with Gasteiger partial charge in [0.25, 0.3) is 0 Å². The van der Waals surface area contributed by atoms with Crippen molar-refractivity contribution in [2.75, 3.05) is 6.61 Å². The Bertz CT molecular complexity index is 617. The van der Waals surface area contributed by atoms with E-state index in [4.69, 9.17) is 4.74 Å². The van der Waals surface area contributed by atoms with Crippen LogP contribution in [0.25, 0.3) is 0 Å². The number of aryl methyl sites for hydroxylation is 3. The molecular weight excluding hydrogens is 258 g/mol. The van der Waals surface area contributed by atoms with Crippen molar-refractivity contribution in [1.29, 1.82) is 5.26 Å². The summed E-state index contributed by atoms with van der Waals surface area (Å²) in [7, 11) is 0. The normalized spacial score (nSPS) is 11.7. The number of hydrogen-bond acceptors (Lipinski definition) is 2. The van der Waals surface area contributed by atoms with Gasteiger partial charge in [0.05, 0.1) is 18.6 Å². The zero-order valence-corrected chi connectivity index (χ0v) is 12.9. The van der Waals surface area contributed by atoms with Gasteiger partial charge in [-0.1, -0.05) is 35.9 Å². The Morgan fingerprint density at radius 3 is 2.14 bits per heavy atom. The lowest BCUT2D eigenvalue weighted by molar-refractivity contribution is 0.305. The third-order valence-electron chi connectivity index (χ3n) is 3.51. The average Bonchev–Trinajstić information content (AvgIpc) is 2.44. The molecule has 0 aliphatic rings. The number of nitriles is 1. The maximum atomic E-state index is 9.33. The summed E-state index contributed by atoms with van der Waals surface area (Å²) in [5, 5.41) is 9.33. The van der Waals surface area contributed by atoms with E-state index >= 15 is 0 Å². The molecule has 1 unspecified atom stereocenters. The molecule has 2 nitrogen and oxygen atoms in total. The Morgan fingerprint density at radius 1 is 0.952 bits per heavy atom. The van der Waals surface area contributed by atoms with E-state index < -0.39 is 0 Å². The second-order valence-electron chi connectivity index (χ2n) is 5.55. The van der Waals surface area contributed by atoms with Crippen molar-refractivity contribution in [2.24, 2.45) is 0 Å². The number of nitrogens with zero attached hydrogens (tertiary/aromatic N) is 1. The van der Waals surface area contributed by atoms with E-state index in [1.54, 1.807) is 0 Å². The fraction of sp³-hybridized carbons (Fsp3) is 0.316. The van der Waals surface area contributed by atoms with Crippen LogP contribution in [0.3, 0.4) is 0 Å². The summed E-state index contributed by atoms with van der Waals surface area (Å²) in [4.78, 5) is 0. The van der Waals surface area contributed by atoms with Crippen LogP contribution in [0, 0.1) is 32.1 Å². The van der Waals surface area contributed by atoms with Crippen molar-refractivity contribution in [3.05, 3.63) is 64.7 Å². The molecule has 0 N–H and O–H groups in total. The van der Waals surface area contributed by atoms with E-state index in [9.17, 15) is 5.26 Å². The Morgan fingerprint density at radius 2 is 1.57 bits per heavy atom. The second-order valence-corrected chi connectivity index (χ2v) is 5.55. The summed E-state index contributed by atoms with van der Waals surface area (Å²) in [5.74, 6) is 0.768. The van der Waals surface area contributed by atoms with Gasteiger partial charge < -0.3 is 4.74 Å². The molecule has 0 bridgehead atoms. The van der Waals surface area contributed by atoms with E-state index in [-0.39, 0.29) is 5.92 Å². The maximum Gasteiger partial charge on any atom is 0.119 e. The average molecular weight is 279 g/mol. The zero-order valence-electron chi connectivity index (χ0n) is 12.9. The minimum atomic E-state index is -0.114. The van der Waals surface area contributed by atoms with Crippen LogP contribution in [0.2, 0.25) is 0 Å². The van der Waals surface area contributed by atoms with Crippen LogP contribution in [0.4, 0.5) is 0 Å². The second kappa shape index (κ2) is 6.95. The lowest BCUT2D eigenvalue weighted by Crippen LogP contribution is -2.05. The van der Waals surface area contributed by atoms with E-state index in [1.807, 2.05) is 43.3 Å². The molecule has 2 aromatic carbocycles. The van der Waals surface area contributed by atoms with Gasteiger partial charge in [-0.3, -0.25) is 0 Å². The van der Waals surface area contributed by atoms with Gasteiger partial charge in [-0.15, -0.1) is 0 Å². The Balaban J connectivity index is 1.95. The quantitative estimate of drug-likeness (QED) is 0.795. The Hall–Kier alpha value is -2.27. The van der Waals surface area contributed by atoms with Crippen molar-refractivity contribution in [2.45, 2.75) is 33.1 Å². The molecule has 0 heterocycles. The van der Waals surface area contributed by atoms with Gasteiger partial charge in [0.2, 0.25) is 0 Å². The summed E-state index contributed by atoms with van der Waals surface area (Å²) >= 11 is 0. The van der Waals surface area contributed by atoms with E-state index in [2.05, 4.69) is 26.0 Å². The highest BCUT2D eigenvalue weighted by atomic mass is 16.5. The smallest absolute Gasteiger partial charge is 0.119 e. The fourth-order valence-electron chi connectivity index (χ4n) is 2.42. The highest BCUT2D eigenvalue weighted by molar-refractivity contribution is 5.33. The molecule has 1 atom stereocenters. The number of ether oxygens (including phenoxy) is 1. The van der Waals surface area contributed by atoms with E-state index in [0.717, 1.165) is 11.3 Å². The monoisotopic (exact) mass is 279 g/mol. The summed E-state index contributed by atoms with van der Waals surface area (Å²) < 4.78 is 5.79. The topological polar surface area (TPSA) is 33.0 Å². The highest BCUT2D eigenvalue weighted by Crippen LogP contribution is 2.21. The molecule has 0 saturated carbocycles. The van der Waals surface area contributed by atoms with E-state index in [0.29, 0.717) is 13.0 Å². The minimum Gasteiger partial charge on any atom is -0.494 e. The molecule has 0 fully saturated rings. The first-order valence-electron chi connectivity index (χ1n) is 7.26. The molecule has 0 radical (unpaired) electrons. The predicted octanol–water partition coefficient (Wildman–Crippen LogP) is 4.69. The molecule has 2 aromatic rings. The van der Waals surface area contributed by atoms with Crippen molar-refractivity contribution in [3.8, 4) is 11.8 Å².